The lowest BCUT2D eigenvalue weighted by Gasteiger charge is -2.35. The van der Waals surface area contributed by atoms with Gasteiger partial charge in [-0.05, 0) is 34.6 Å². The van der Waals surface area contributed by atoms with Crippen LogP contribution in [0.4, 0.5) is 16.2 Å². The lowest BCUT2D eigenvalue weighted by molar-refractivity contribution is -0.385. The Balaban J connectivity index is 1.63. The number of piperazine rings is 1. The summed E-state index contributed by atoms with van der Waals surface area (Å²) in [7, 11) is 0. The van der Waals surface area contributed by atoms with Crippen LogP contribution in [0.2, 0.25) is 0 Å². The Bertz CT molecular complexity index is 1120. The van der Waals surface area contributed by atoms with Crippen molar-refractivity contribution in [1.82, 2.24) is 29.4 Å². The number of nitrogens with zero attached hydrogens (tertiary/aromatic N) is 7. The summed E-state index contributed by atoms with van der Waals surface area (Å²) in [5, 5.41) is 22.3. The average Bonchev–Trinajstić information content (AvgIpc) is 3.40. The van der Waals surface area contributed by atoms with E-state index in [9.17, 15) is 24.5 Å². The predicted molar refractivity (Wildman–Crippen MR) is 124 cm³/mol. The molecule has 2 aromatic heterocycles. The quantitative estimate of drug-likeness (QED) is 0.453. The molecule has 3 amide bonds. The number of hydrogen-bond acceptors (Lipinski definition) is 8. The first-order chi connectivity index (χ1) is 16.5. The van der Waals surface area contributed by atoms with Crippen molar-refractivity contribution in [2.24, 2.45) is 0 Å². The van der Waals surface area contributed by atoms with E-state index >= 15 is 0 Å². The second-order valence-corrected chi connectivity index (χ2v) is 8.30. The molecule has 2 unspecified atom stereocenters. The van der Waals surface area contributed by atoms with Gasteiger partial charge in [0.05, 0.1) is 22.9 Å². The van der Waals surface area contributed by atoms with Crippen molar-refractivity contribution in [3.05, 3.63) is 33.9 Å². The van der Waals surface area contributed by atoms with Gasteiger partial charge in [-0.2, -0.15) is 10.2 Å². The maximum absolute atomic E-state index is 13.0. The second kappa shape index (κ2) is 10.5. The molecule has 3 rings (SSSR count). The maximum Gasteiger partial charge on any atom is 0.409 e. The van der Waals surface area contributed by atoms with Gasteiger partial charge in [-0.3, -0.25) is 29.1 Å². The molecule has 3 heterocycles. The molecule has 35 heavy (non-hydrogen) atoms. The van der Waals surface area contributed by atoms with Gasteiger partial charge in [0.25, 0.3) is 0 Å². The first-order valence-electron chi connectivity index (χ1n) is 11.3. The zero-order chi connectivity index (χ0) is 25.9. The fourth-order valence-corrected chi connectivity index (χ4v) is 3.71. The Hall–Kier alpha value is -3.97. The lowest BCUT2D eigenvalue weighted by atomic mass is 10.2. The van der Waals surface area contributed by atoms with Crippen molar-refractivity contribution in [3.8, 4) is 0 Å². The molecular formula is C21H30N8O6. The Morgan fingerprint density at radius 3 is 2.17 bits per heavy atom. The van der Waals surface area contributed by atoms with E-state index in [-0.39, 0.29) is 23.4 Å². The summed E-state index contributed by atoms with van der Waals surface area (Å²) in [4.78, 5) is 51.4. The summed E-state index contributed by atoms with van der Waals surface area (Å²) in [6, 6.07) is -1.43. The highest BCUT2D eigenvalue weighted by atomic mass is 16.6. The van der Waals surface area contributed by atoms with Gasteiger partial charge in [-0.1, -0.05) is 0 Å². The first-order valence-corrected chi connectivity index (χ1v) is 11.3. The minimum Gasteiger partial charge on any atom is -0.450 e. The van der Waals surface area contributed by atoms with E-state index in [1.807, 2.05) is 0 Å². The SMILES string of the molecule is CCOC(=O)N1CCN(C(=O)C(C)n2cc(NC(=O)C(C)n3cc([N+](=O)[O-])c(C)n3)c(C)n2)CC1. The highest BCUT2D eigenvalue weighted by Gasteiger charge is 2.29. The van der Waals surface area contributed by atoms with Crippen molar-refractivity contribution < 1.29 is 24.0 Å². The van der Waals surface area contributed by atoms with Gasteiger partial charge < -0.3 is 19.9 Å². The monoisotopic (exact) mass is 490 g/mol. The van der Waals surface area contributed by atoms with E-state index in [4.69, 9.17) is 4.74 Å². The summed E-state index contributed by atoms with van der Waals surface area (Å²) in [5.41, 5.74) is 0.991. The molecular weight excluding hydrogens is 460 g/mol. The largest absolute Gasteiger partial charge is 0.450 e. The molecule has 1 saturated heterocycles. The number of amides is 3. The zero-order valence-corrected chi connectivity index (χ0v) is 20.4. The van der Waals surface area contributed by atoms with Crippen LogP contribution < -0.4 is 5.32 Å². The Morgan fingerprint density at radius 2 is 1.60 bits per heavy atom. The number of anilines is 1. The number of nitrogens with one attached hydrogen (secondary N) is 1. The highest BCUT2D eigenvalue weighted by molar-refractivity contribution is 5.94. The smallest absolute Gasteiger partial charge is 0.409 e. The minimum absolute atomic E-state index is 0.151. The number of ether oxygens (including phenoxy) is 1. The number of aryl methyl sites for hydroxylation is 2. The van der Waals surface area contributed by atoms with E-state index in [1.165, 1.54) is 22.5 Å². The van der Waals surface area contributed by atoms with Crippen LogP contribution in [0, 0.1) is 24.0 Å². The molecule has 2 aromatic rings. The maximum atomic E-state index is 13.0. The van der Waals surface area contributed by atoms with Crippen LogP contribution in [0.15, 0.2) is 12.4 Å². The Morgan fingerprint density at radius 1 is 1.03 bits per heavy atom. The van der Waals surface area contributed by atoms with Gasteiger partial charge in [0.1, 0.15) is 24.0 Å². The molecule has 190 valence electrons. The summed E-state index contributed by atoms with van der Waals surface area (Å²) in [6.45, 7) is 10.1. The normalized spacial score (nSPS) is 15.5. The van der Waals surface area contributed by atoms with Gasteiger partial charge >= 0.3 is 11.8 Å². The number of carbonyl (C=O) groups excluding carboxylic acids is 3. The molecule has 0 aliphatic carbocycles. The van der Waals surface area contributed by atoms with Crippen molar-refractivity contribution in [3.63, 3.8) is 0 Å². The molecule has 0 radical (unpaired) electrons. The second-order valence-electron chi connectivity index (χ2n) is 8.30. The fourth-order valence-electron chi connectivity index (χ4n) is 3.71. The molecule has 0 bridgehead atoms. The number of carbonyl (C=O) groups is 3. The van der Waals surface area contributed by atoms with E-state index < -0.39 is 22.9 Å². The summed E-state index contributed by atoms with van der Waals surface area (Å²) in [6.07, 6.45) is 2.41. The van der Waals surface area contributed by atoms with Gasteiger partial charge in [0, 0.05) is 32.4 Å². The molecule has 0 spiro atoms. The summed E-state index contributed by atoms with van der Waals surface area (Å²) >= 11 is 0. The van der Waals surface area contributed by atoms with Crippen molar-refractivity contribution in [1.29, 1.82) is 0 Å². The number of nitro groups is 1. The molecule has 0 saturated carbocycles. The summed E-state index contributed by atoms with van der Waals surface area (Å²) < 4.78 is 7.73. The number of hydrogen-bond donors (Lipinski definition) is 1. The third-order valence-corrected chi connectivity index (χ3v) is 5.91. The molecule has 1 N–H and O–H groups in total. The van der Waals surface area contributed by atoms with Crippen LogP contribution in [0.25, 0.3) is 0 Å². The molecule has 2 atom stereocenters. The van der Waals surface area contributed by atoms with Crippen LogP contribution >= 0.6 is 0 Å². The van der Waals surface area contributed by atoms with Gasteiger partial charge in [0.15, 0.2) is 0 Å². The lowest BCUT2D eigenvalue weighted by Crippen LogP contribution is -2.52. The predicted octanol–water partition coefficient (Wildman–Crippen LogP) is 1.67. The van der Waals surface area contributed by atoms with Crippen LogP contribution in [-0.2, 0) is 14.3 Å². The number of aromatic nitrogens is 4. The standard InChI is InChI=1S/C21H30N8O6/c1-6-35-21(32)26-9-7-25(8-10-26)20(31)16(5)27-11-17(13(2)23-27)22-19(30)15(4)28-12-18(29(33)34)14(3)24-28/h11-12,15-16H,6-10H2,1-5H3,(H,22,30). The van der Waals surface area contributed by atoms with Crippen molar-refractivity contribution >= 4 is 29.3 Å². The average molecular weight is 491 g/mol. The van der Waals surface area contributed by atoms with Crippen molar-refractivity contribution in [2.75, 3.05) is 38.1 Å². The minimum atomic E-state index is -0.806. The van der Waals surface area contributed by atoms with Crippen LogP contribution in [0.5, 0.6) is 0 Å². The van der Waals surface area contributed by atoms with Crippen molar-refractivity contribution in [2.45, 2.75) is 46.7 Å². The summed E-state index contributed by atoms with van der Waals surface area (Å²) in [5.74, 6) is -0.583. The van der Waals surface area contributed by atoms with Gasteiger partial charge in [-0.25, -0.2) is 4.79 Å². The fraction of sp³-hybridized carbons (Fsp3) is 0.571. The Kier molecular flexibility index (Phi) is 7.71. The van der Waals surface area contributed by atoms with E-state index in [1.54, 1.807) is 43.7 Å². The van der Waals surface area contributed by atoms with Crippen LogP contribution in [0.3, 0.4) is 0 Å². The number of rotatable bonds is 7. The molecule has 0 aromatic carbocycles. The van der Waals surface area contributed by atoms with E-state index in [2.05, 4.69) is 15.5 Å². The van der Waals surface area contributed by atoms with Gasteiger partial charge in [-0.15, -0.1) is 0 Å². The molecule has 1 aliphatic rings. The molecule has 14 heteroatoms. The molecule has 1 fully saturated rings. The third-order valence-electron chi connectivity index (χ3n) is 5.91. The molecule has 14 nitrogen and oxygen atoms in total. The molecule has 1 aliphatic heterocycles. The van der Waals surface area contributed by atoms with E-state index in [0.717, 1.165) is 0 Å². The Labute approximate surface area is 201 Å². The third kappa shape index (κ3) is 5.58. The van der Waals surface area contributed by atoms with Gasteiger partial charge in [0.2, 0.25) is 11.8 Å². The topological polar surface area (TPSA) is 158 Å². The first kappa shape index (κ1) is 25.6. The van der Waals surface area contributed by atoms with E-state index in [0.29, 0.717) is 44.2 Å². The zero-order valence-electron chi connectivity index (χ0n) is 20.4. The highest BCUT2D eigenvalue weighted by Crippen LogP contribution is 2.22. The van der Waals surface area contributed by atoms with Crippen LogP contribution in [-0.4, -0.2) is 85.0 Å². The van der Waals surface area contributed by atoms with Crippen LogP contribution in [0.1, 0.15) is 44.2 Å².